The van der Waals surface area contributed by atoms with Crippen LogP contribution >= 0.6 is 11.6 Å². The van der Waals surface area contributed by atoms with Gasteiger partial charge in [-0.2, -0.15) is 22.7 Å². The van der Waals surface area contributed by atoms with E-state index in [1.807, 2.05) is 9.80 Å². The van der Waals surface area contributed by atoms with E-state index in [2.05, 4.69) is 25.4 Å². The summed E-state index contributed by atoms with van der Waals surface area (Å²) in [5.74, 6) is -0.877. The Kier molecular flexibility index (Phi) is 8.30. The fraction of sp³-hybridized carbons (Fsp3) is 0.433. The van der Waals surface area contributed by atoms with Gasteiger partial charge in [0.15, 0.2) is 11.4 Å². The molecule has 0 bridgehead atoms. The third kappa shape index (κ3) is 5.88. The molecule has 1 aromatic carbocycles. The highest BCUT2D eigenvalue weighted by molar-refractivity contribution is 6.33. The van der Waals surface area contributed by atoms with E-state index in [4.69, 9.17) is 16.3 Å². The molecule has 0 spiro atoms. The van der Waals surface area contributed by atoms with Crippen LogP contribution in [0.3, 0.4) is 0 Å². The number of hydrogen-bond donors (Lipinski definition) is 2. The van der Waals surface area contributed by atoms with E-state index in [0.717, 1.165) is 18.2 Å². The summed E-state index contributed by atoms with van der Waals surface area (Å²) in [7, 11) is 0. The van der Waals surface area contributed by atoms with Crippen LogP contribution in [-0.2, 0) is 22.1 Å². The fourth-order valence-electron chi connectivity index (χ4n) is 6.39. The van der Waals surface area contributed by atoms with E-state index in [-0.39, 0.29) is 66.2 Å². The maximum atomic E-state index is 14.1. The van der Waals surface area contributed by atoms with E-state index in [9.17, 15) is 32.7 Å². The largest absolute Gasteiger partial charge is 0.504 e. The summed E-state index contributed by atoms with van der Waals surface area (Å²) in [6.07, 6.45) is -2.82. The first-order chi connectivity index (χ1) is 23.4. The van der Waals surface area contributed by atoms with Gasteiger partial charge in [0.05, 0.1) is 40.9 Å². The molecule has 15 nitrogen and oxygen atoms in total. The van der Waals surface area contributed by atoms with Gasteiger partial charge in [0, 0.05) is 39.3 Å². The fourth-order valence-corrected chi connectivity index (χ4v) is 6.62. The first-order valence-corrected chi connectivity index (χ1v) is 15.9. The van der Waals surface area contributed by atoms with Gasteiger partial charge in [0.25, 0.3) is 11.5 Å². The summed E-state index contributed by atoms with van der Waals surface area (Å²) in [5.41, 5.74) is -0.366. The van der Waals surface area contributed by atoms with Crippen molar-refractivity contribution in [3.63, 3.8) is 0 Å². The summed E-state index contributed by atoms with van der Waals surface area (Å²) in [6.45, 7) is 4.40. The number of anilines is 3. The molecular formula is C30H30ClF3N10O5. The number of nitrogens with zero attached hydrogens (tertiary/aromatic N) is 9. The summed E-state index contributed by atoms with van der Waals surface area (Å²) < 4.78 is 47.9. The number of alkyl halides is 3. The Balaban J connectivity index is 1.23. The Morgan fingerprint density at radius 2 is 1.80 bits per heavy atom. The predicted octanol–water partition coefficient (Wildman–Crippen LogP) is 2.29. The molecule has 2 amide bonds. The molecule has 0 radical (unpaired) electrons. The molecule has 7 rings (SSSR count). The summed E-state index contributed by atoms with van der Waals surface area (Å²) in [4.78, 5) is 58.9. The van der Waals surface area contributed by atoms with Crippen LogP contribution < -0.4 is 20.7 Å². The van der Waals surface area contributed by atoms with E-state index in [1.165, 1.54) is 15.7 Å². The molecule has 6 heterocycles. The number of hydrogen-bond acceptors (Lipinski definition) is 11. The number of aryl methyl sites for hydroxylation is 1. The quantitative estimate of drug-likeness (QED) is 0.314. The Bertz CT molecular complexity index is 2020. The first-order valence-electron chi connectivity index (χ1n) is 15.5. The van der Waals surface area contributed by atoms with Crippen molar-refractivity contribution in [2.24, 2.45) is 0 Å². The zero-order valence-electron chi connectivity index (χ0n) is 26.1. The van der Waals surface area contributed by atoms with Gasteiger partial charge >= 0.3 is 6.18 Å². The number of aromatic hydroxyl groups is 1. The molecule has 3 aliphatic rings. The third-order valence-electron chi connectivity index (χ3n) is 8.96. The molecule has 2 saturated heterocycles. The lowest BCUT2D eigenvalue weighted by atomic mass is 10.1. The number of morpholine rings is 1. The second-order valence-electron chi connectivity index (χ2n) is 11.9. The molecule has 49 heavy (non-hydrogen) atoms. The van der Waals surface area contributed by atoms with Gasteiger partial charge in [-0.15, -0.1) is 5.10 Å². The second-order valence-corrected chi connectivity index (χ2v) is 12.3. The first kappa shape index (κ1) is 32.6. The van der Waals surface area contributed by atoms with Gasteiger partial charge in [-0.1, -0.05) is 11.6 Å². The minimum atomic E-state index is -4.61. The highest BCUT2D eigenvalue weighted by atomic mass is 35.5. The number of piperazine rings is 1. The molecule has 1 unspecified atom stereocenters. The number of fused-ring (bicyclic) bond motifs is 3. The summed E-state index contributed by atoms with van der Waals surface area (Å²) in [5, 5.41) is 17.3. The molecule has 3 aromatic heterocycles. The third-order valence-corrected chi connectivity index (χ3v) is 9.27. The van der Waals surface area contributed by atoms with Gasteiger partial charge in [-0.3, -0.25) is 19.0 Å². The van der Waals surface area contributed by atoms with Crippen molar-refractivity contribution >= 4 is 46.5 Å². The van der Waals surface area contributed by atoms with Crippen LogP contribution in [0.4, 0.5) is 30.5 Å². The molecular weight excluding hydrogens is 673 g/mol. The average Bonchev–Trinajstić information content (AvgIpc) is 3.73. The predicted molar refractivity (Wildman–Crippen MR) is 169 cm³/mol. The number of carbonyl (C=O) groups excluding carboxylic acids is 2. The number of rotatable bonds is 5. The number of ether oxygens (including phenoxy) is 1. The molecule has 1 atom stereocenters. The van der Waals surface area contributed by atoms with E-state index in [0.29, 0.717) is 50.1 Å². The summed E-state index contributed by atoms with van der Waals surface area (Å²) >= 11 is 6.15. The van der Waals surface area contributed by atoms with Gasteiger partial charge in [0.2, 0.25) is 17.6 Å². The van der Waals surface area contributed by atoms with E-state index < -0.39 is 35.2 Å². The normalized spacial score (nSPS) is 18.2. The van der Waals surface area contributed by atoms with Crippen LogP contribution in [-0.4, -0.2) is 103 Å². The van der Waals surface area contributed by atoms with Gasteiger partial charge in [-0.25, -0.2) is 9.97 Å². The van der Waals surface area contributed by atoms with Crippen molar-refractivity contribution in [2.75, 3.05) is 67.6 Å². The van der Waals surface area contributed by atoms with Crippen molar-refractivity contribution in [3.05, 3.63) is 62.5 Å². The molecule has 2 N–H and O–H groups in total. The van der Waals surface area contributed by atoms with Gasteiger partial charge in [-0.05, 0) is 38.0 Å². The SMILES string of the molecule is Cc1ncnc(C(=O)N2CCN(c3c4n(c5nc(N6CCOCC6)nn5c3=O)C(C(=O)Nc3ccc(C(F)(F)F)cc3Cl)CC4)CC2)c1O. The minimum absolute atomic E-state index is 0.00610. The van der Waals surface area contributed by atoms with Crippen molar-refractivity contribution in [2.45, 2.75) is 32.0 Å². The monoisotopic (exact) mass is 702 g/mol. The van der Waals surface area contributed by atoms with Gasteiger partial charge < -0.3 is 29.9 Å². The van der Waals surface area contributed by atoms with Crippen LogP contribution in [0.15, 0.2) is 29.3 Å². The lowest BCUT2D eigenvalue weighted by Crippen LogP contribution is -2.51. The van der Waals surface area contributed by atoms with Gasteiger partial charge in [0.1, 0.15) is 18.1 Å². The van der Waals surface area contributed by atoms with Crippen LogP contribution in [0.1, 0.15) is 39.9 Å². The van der Waals surface area contributed by atoms with Crippen molar-refractivity contribution < 1.29 is 32.6 Å². The Hall–Kier alpha value is -4.97. The summed E-state index contributed by atoms with van der Waals surface area (Å²) in [6, 6.07) is 1.78. The highest BCUT2D eigenvalue weighted by Crippen LogP contribution is 2.37. The Labute approximate surface area is 280 Å². The Morgan fingerprint density at radius 3 is 2.49 bits per heavy atom. The van der Waals surface area contributed by atoms with Crippen LogP contribution in [0.5, 0.6) is 5.75 Å². The number of amides is 2. The van der Waals surface area contributed by atoms with Crippen molar-refractivity contribution in [3.8, 4) is 5.75 Å². The molecule has 19 heteroatoms. The molecule has 4 aromatic rings. The van der Waals surface area contributed by atoms with Crippen molar-refractivity contribution in [1.82, 2.24) is 34.0 Å². The molecule has 2 fully saturated rings. The lowest BCUT2D eigenvalue weighted by molar-refractivity contribution is -0.137. The van der Waals surface area contributed by atoms with Crippen LogP contribution in [0, 0.1) is 6.92 Å². The van der Waals surface area contributed by atoms with Crippen molar-refractivity contribution in [1.29, 1.82) is 0 Å². The smallest absolute Gasteiger partial charge is 0.416 e. The maximum Gasteiger partial charge on any atom is 0.416 e. The highest BCUT2D eigenvalue weighted by Gasteiger charge is 2.38. The Morgan fingerprint density at radius 1 is 1.06 bits per heavy atom. The average molecular weight is 703 g/mol. The molecule has 3 aliphatic heterocycles. The lowest BCUT2D eigenvalue weighted by Gasteiger charge is -2.36. The minimum Gasteiger partial charge on any atom is -0.504 e. The van der Waals surface area contributed by atoms with Crippen LogP contribution in [0.2, 0.25) is 5.02 Å². The van der Waals surface area contributed by atoms with E-state index >= 15 is 0 Å². The topological polar surface area (TPSA) is 163 Å². The zero-order valence-corrected chi connectivity index (χ0v) is 26.8. The number of carbonyl (C=O) groups is 2. The van der Waals surface area contributed by atoms with Crippen LogP contribution in [0.25, 0.3) is 5.78 Å². The molecule has 0 aliphatic carbocycles. The number of halogens is 4. The number of nitrogens with one attached hydrogen (secondary N) is 1. The second kappa shape index (κ2) is 12.5. The maximum absolute atomic E-state index is 14.1. The number of benzene rings is 1. The zero-order chi connectivity index (χ0) is 34.6. The molecule has 258 valence electrons. The number of aromatic nitrogens is 6. The standard InChI is InChI=1S/C30H30ClF3N10O5/c1-16-24(45)22(36-15-35-16)26(47)41-8-6-40(7-9-41)23-20-4-5-21(25(46)37-19-3-2-17(14-18(19)31)30(32,33)34)43(20)29-38-28(39-44(29)27(23)48)42-10-12-49-13-11-42/h2-3,14-15,21,45H,4-13H2,1H3,(H,37,46). The molecule has 0 saturated carbocycles. The van der Waals surface area contributed by atoms with E-state index in [1.54, 1.807) is 11.5 Å².